The van der Waals surface area contributed by atoms with Crippen LogP contribution in [0.2, 0.25) is 0 Å². The van der Waals surface area contributed by atoms with Crippen LogP contribution in [0, 0.1) is 6.92 Å². The number of hydrogen-bond acceptors (Lipinski definition) is 4. The lowest BCUT2D eigenvalue weighted by molar-refractivity contribution is -0.123. The number of amides is 1. The third kappa shape index (κ3) is 4.35. The van der Waals surface area contributed by atoms with Crippen molar-refractivity contribution in [3.8, 4) is 5.75 Å². The van der Waals surface area contributed by atoms with Crippen LogP contribution in [-0.2, 0) is 9.53 Å². The fraction of sp³-hybridized carbons (Fsp3) is 0.263. The topological polar surface area (TPSA) is 64.6 Å². The molecule has 0 saturated heterocycles. The van der Waals surface area contributed by atoms with Crippen LogP contribution in [0.15, 0.2) is 48.5 Å². The maximum Gasteiger partial charge on any atom is 0.341 e. The Labute approximate surface area is 141 Å². The molecular formula is C19H21NO4. The first kappa shape index (κ1) is 17.5. The third-order valence-electron chi connectivity index (χ3n) is 3.68. The van der Waals surface area contributed by atoms with E-state index in [4.69, 9.17) is 9.47 Å². The lowest BCUT2D eigenvalue weighted by Crippen LogP contribution is -2.31. The summed E-state index contributed by atoms with van der Waals surface area (Å²) in [7, 11) is 1.30. The second-order valence-corrected chi connectivity index (χ2v) is 5.42. The van der Waals surface area contributed by atoms with Crippen molar-refractivity contribution in [2.75, 3.05) is 13.7 Å². The molecule has 5 heteroatoms. The van der Waals surface area contributed by atoms with Crippen LogP contribution < -0.4 is 10.1 Å². The monoisotopic (exact) mass is 327 g/mol. The van der Waals surface area contributed by atoms with Crippen molar-refractivity contribution in [1.29, 1.82) is 0 Å². The number of nitrogens with one attached hydrogen (secondary N) is 1. The van der Waals surface area contributed by atoms with Gasteiger partial charge in [0, 0.05) is 0 Å². The summed E-state index contributed by atoms with van der Waals surface area (Å²) in [6.45, 7) is 3.74. The Balaban J connectivity index is 1.97. The van der Waals surface area contributed by atoms with Gasteiger partial charge in [0.05, 0.1) is 13.2 Å². The second kappa shape index (κ2) is 8.15. The van der Waals surface area contributed by atoms with Crippen LogP contribution in [0.3, 0.4) is 0 Å². The Morgan fingerprint density at radius 2 is 1.75 bits per heavy atom. The summed E-state index contributed by atoms with van der Waals surface area (Å²) in [6.07, 6.45) is 0. The summed E-state index contributed by atoms with van der Waals surface area (Å²) in [5.41, 5.74) is 2.46. The lowest BCUT2D eigenvalue weighted by atomic mass is 10.0. The summed E-state index contributed by atoms with van der Waals surface area (Å²) in [5, 5.41) is 2.89. The highest BCUT2D eigenvalue weighted by Crippen LogP contribution is 2.19. The summed E-state index contributed by atoms with van der Waals surface area (Å²) >= 11 is 0. The quantitative estimate of drug-likeness (QED) is 0.828. The molecule has 1 unspecified atom stereocenters. The maximum atomic E-state index is 12.1. The maximum absolute atomic E-state index is 12.1. The Morgan fingerprint density at radius 3 is 2.46 bits per heavy atom. The SMILES string of the molecule is COC(=O)c1ccccc1OCC(=O)NC(C)c1ccccc1C. The number of rotatable bonds is 6. The molecule has 1 atom stereocenters. The minimum absolute atomic E-state index is 0.127. The van der Waals surface area contributed by atoms with Crippen LogP contribution >= 0.6 is 0 Å². The Bertz CT molecular complexity index is 727. The van der Waals surface area contributed by atoms with Crippen molar-refractivity contribution >= 4 is 11.9 Å². The molecule has 2 aromatic rings. The fourth-order valence-corrected chi connectivity index (χ4v) is 2.45. The number of hydrogen-bond donors (Lipinski definition) is 1. The molecule has 0 aliphatic heterocycles. The van der Waals surface area contributed by atoms with Crippen molar-refractivity contribution in [3.63, 3.8) is 0 Å². The molecule has 0 bridgehead atoms. The van der Waals surface area contributed by atoms with E-state index < -0.39 is 5.97 Å². The zero-order valence-electron chi connectivity index (χ0n) is 14.0. The first-order chi connectivity index (χ1) is 11.5. The fourth-order valence-electron chi connectivity index (χ4n) is 2.45. The van der Waals surface area contributed by atoms with E-state index in [2.05, 4.69) is 5.32 Å². The van der Waals surface area contributed by atoms with E-state index >= 15 is 0 Å². The molecule has 2 rings (SSSR count). The number of esters is 1. The van der Waals surface area contributed by atoms with Crippen LogP contribution in [0.4, 0.5) is 0 Å². The van der Waals surface area contributed by atoms with Gasteiger partial charge >= 0.3 is 5.97 Å². The molecule has 1 amide bonds. The van der Waals surface area contributed by atoms with E-state index in [1.807, 2.05) is 38.1 Å². The van der Waals surface area contributed by atoms with Gasteiger partial charge in [0.2, 0.25) is 0 Å². The summed E-state index contributed by atoms with van der Waals surface area (Å²) in [6, 6.07) is 14.4. The molecule has 0 fully saturated rings. The summed E-state index contributed by atoms with van der Waals surface area (Å²) < 4.78 is 10.2. The van der Waals surface area contributed by atoms with E-state index in [0.29, 0.717) is 11.3 Å². The zero-order chi connectivity index (χ0) is 17.5. The minimum atomic E-state index is -0.501. The van der Waals surface area contributed by atoms with Crippen molar-refractivity contribution in [1.82, 2.24) is 5.32 Å². The molecule has 0 spiro atoms. The predicted molar refractivity (Wildman–Crippen MR) is 91.0 cm³/mol. The van der Waals surface area contributed by atoms with Gasteiger partial charge in [-0.1, -0.05) is 36.4 Å². The normalized spacial score (nSPS) is 11.5. The molecule has 5 nitrogen and oxygen atoms in total. The summed E-state index contributed by atoms with van der Waals surface area (Å²) in [4.78, 5) is 23.8. The minimum Gasteiger partial charge on any atom is -0.483 e. The van der Waals surface area contributed by atoms with E-state index in [1.54, 1.807) is 24.3 Å². The average Bonchev–Trinajstić information content (AvgIpc) is 2.59. The predicted octanol–water partition coefficient (Wildman–Crippen LogP) is 3.04. The Kier molecular flexibility index (Phi) is 5.95. The molecule has 0 aliphatic rings. The highest BCUT2D eigenvalue weighted by Gasteiger charge is 2.15. The van der Waals surface area contributed by atoms with Gasteiger partial charge in [0.25, 0.3) is 5.91 Å². The molecule has 126 valence electrons. The molecule has 0 aliphatic carbocycles. The second-order valence-electron chi connectivity index (χ2n) is 5.42. The first-order valence-electron chi connectivity index (χ1n) is 7.68. The largest absolute Gasteiger partial charge is 0.483 e. The number of aryl methyl sites for hydroxylation is 1. The molecule has 0 radical (unpaired) electrons. The third-order valence-corrected chi connectivity index (χ3v) is 3.68. The number of carbonyl (C=O) groups excluding carboxylic acids is 2. The van der Waals surface area contributed by atoms with Crippen molar-refractivity contribution in [2.24, 2.45) is 0 Å². The number of ether oxygens (including phenoxy) is 2. The van der Waals surface area contributed by atoms with Crippen molar-refractivity contribution in [3.05, 3.63) is 65.2 Å². The van der Waals surface area contributed by atoms with Crippen LogP contribution in [0.5, 0.6) is 5.75 Å². The molecule has 2 aromatic carbocycles. The highest BCUT2D eigenvalue weighted by molar-refractivity contribution is 5.92. The van der Waals surface area contributed by atoms with E-state index in [9.17, 15) is 9.59 Å². The van der Waals surface area contributed by atoms with Gasteiger partial charge in [-0.15, -0.1) is 0 Å². The van der Waals surface area contributed by atoms with Gasteiger partial charge in [-0.2, -0.15) is 0 Å². The molecular weight excluding hydrogens is 306 g/mol. The smallest absolute Gasteiger partial charge is 0.341 e. The molecule has 1 N–H and O–H groups in total. The van der Waals surface area contributed by atoms with Gasteiger partial charge in [0.1, 0.15) is 11.3 Å². The summed E-state index contributed by atoms with van der Waals surface area (Å²) in [5.74, 6) is -0.437. The standard InChI is InChI=1S/C19H21NO4/c1-13-8-4-5-9-15(13)14(2)20-18(21)12-24-17-11-7-6-10-16(17)19(22)23-3/h4-11,14H,12H2,1-3H3,(H,20,21). The average molecular weight is 327 g/mol. The zero-order valence-corrected chi connectivity index (χ0v) is 14.0. The van der Waals surface area contributed by atoms with Gasteiger partial charge in [-0.3, -0.25) is 4.79 Å². The van der Waals surface area contributed by atoms with Gasteiger partial charge in [-0.05, 0) is 37.1 Å². The van der Waals surface area contributed by atoms with Gasteiger partial charge < -0.3 is 14.8 Å². The van der Waals surface area contributed by atoms with Crippen LogP contribution in [0.25, 0.3) is 0 Å². The number of benzene rings is 2. The van der Waals surface area contributed by atoms with Crippen molar-refractivity contribution < 1.29 is 19.1 Å². The molecule has 24 heavy (non-hydrogen) atoms. The van der Waals surface area contributed by atoms with Crippen LogP contribution in [0.1, 0.15) is 34.5 Å². The number of carbonyl (C=O) groups is 2. The van der Waals surface area contributed by atoms with Crippen LogP contribution in [-0.4, -0.2) is 25.6 Å². The number of methoxy groups -OCH3 is 1. The van der Waals surface area contributed by atoms with Gasteiger partial charge in [-0.25, -0.2) is 4.79 Å². The van der Waals surface area contributed by atoms with Crippen molar-refractivity contribution in [2.45, 2.75) is 19.9 Å². The highest BCUT2D eigenvalue weighted by atomic mass is 16.5. The Hall–Kier alpha value is -2.82. The Morgan fingerprint density at radius 1 is 1.08 bits per heavy atom. The van der Waals surface area contributed by atoms with E-state index in [1.165, 1.54) is 7.11 Å². The molecule has 0 saturated carbocycles. The molecule has 0 aromatic heterocycles. The lowest BCUT2D eigenvalue weighted by Gasteiger charge is -2.17. The van der Waals surface area contributed by atoms with Gasteiger partial charge in [0.15, 0.2) is 6.61 Å². The first-order valence-corrected chi connectivity index (χ1v) is 7.68. The van der Waals surface area contributed by atoms with E-state index in [-0.39, 0.29) is 18.6 Å². The van der Waals surface area contributed by atoms with E-state index in [0.717, 1.165) is 11.1 Å². The number of para-hydroxylation sites is 1. The molecule has 0 heterocycles.